The van der Waals surface area contributed by atoms with E-state index in [-0.39, 0.29) is 23.5 Å². The SMILES string of the molecule is O=C(O)CNc1ccc(O)cc1C(=O)O. The summed E-state index contributed by atoms with van der Waals surface area (Å²) in [5, 5.41) is 28.6. The van der Waals surface area contributed by atoms with Gasteiger partial charge >= 0.3 is 11.9 Å². The highest BCUT2D eigenvalue weighted by atomic mass is 16.4. The number of hydrogen-bond acceptors (Lipinski definition) is 4. The maximum absolute atomic E-state index is 10.7. The number of rotatable bonds is 4. The van der Waals surface area contributed by atoms with Gasteiger partial charge in [0.05, 0.1) is 5.56 Å². The van der Waals surface area contributed by atoms with Gasteiger partial charge in [0.1, 0.15) is 12.3 Å². The number of carboxylic acids is 2. The van der Waals surface area contributed by atoms with Crippen molar-refractivity contribution in [1.29, 1.82) is 0 Å². The van der Waals surface area contributed by atoms with E-state index in [4.69, 9.17) is 15.3 Å². The van der Waals surface area contributed by atoms with E-state index in [9.17, 15) is 9.59 Å². The second-order valence-electron chi connectivity index (χ2n) is 2.78. The van der Waals surface area contributed by atoms with Crippen LogP contribution in [0, 0.1) is 0 Å². The topological polar surface area (TPSA) is 107 Å². The predicted octanol–water partition coefficient (Wildman–Crippen LogP) is 0.587. The van der Waals surface area contributed by atoms with Gasteiger partial charge in [-0.1, -0.05) is 0 Å². The molecule has 0 heterocycles. The Balaban J connectivity index is 2.95. The third-order valence-electron chi connectivity index (χ3n) is 1.66. The summed E-state index contributed by atoms with van der Waals surface area (Å²) in [5.41, 5.74) is -0.0149. The first-order valence-electron chi connectivity index (χ1n) is 4.02. The van der Waals surface area contributed by atoms with Crippen LogP contribution in [0.5, 0.6) is 5.75 Å². The molecule has 0 aliphatic rings. The van der Waals surface area contributed by atoms with E-state index in [0.717, 1.165) is 6.07 Å². The van der Waals surface area contributed by atoms with Crippen molar-refractivity contribution < 1.29 is 24.9 Å². The molecule has 0 aromatic heterocycles. The molecule has 1 aromatic carbocycles. The number of anilines is 1. The highest BCUT2D eigenvalue weighted by molar-refractivity contribution is 5.95. The monoisotopic (exact) mass is 211 g/mol. The minimum atomic E-state index is -1.24. The van der Waals surface area contributed by atoms with E-state index < -0.39 is 11.9 Å². The standard InChI is InChI=1S/C9H9NO5/c11-5-1-2-7(10-4-8(12)13)6(3-5)9(14)15/h1-3,10-11H,4H2,(H,12,13)(H,14,15). The van der Waals surface area contributed by atoms with Crippen LogP contribution < -0.4 is 5.32 Å². The smallest absolute Gasteiger partial charge is 0.337 e. The summed E-state index contributed by atoms with van der Waals surface area (Å²) in [7, 11) is 0. The molecular formula is C9H9NO5. The Morgan fingerprint density at radius 1 is 1.27 bits per heavy atom. The van der Waals surface area contributed by atoms with Crippen LogP contribution in [0.3, 0.4) is 0 Å². The second-order valence-corrected chi connectivity index (χ2v) is 2.78. The molecule has 0 aliphatic carbocycles. The number of carboxylic acid groups (broad SMARTS) is 2. The van der Waals surface area contributed by atoms with Gasteiger partial charge in [-0.05, 0) is 18.2 Å². The Hall–Kier alpha value is -2.24. The first-order chi connectivity index (χ1) is 7.00. The van der Waals surface area contributed by atoms with Crippen molar-refractivity contribution in [3.8, 4) is 5.75 Å². The zero-order chi connectivity index (χ0) is 11.4. The summed E-state index contributed by atoms with van der Waals surface area (Å²) in [6.07, 6.45) is 0. The largest absolute Gasteiger partial charge is 0.508 e. The number of phenolic OH excluding ortho intramolecular Hbond substituents is 1. The van der Waals surface area contributed by atoms with Gasteiger partial charge in [-0.25, -0.2) is 4.79 Å². The molecule has 0 fully saturated rings. The number of benzene rings is 1. The average molecular weight is 211 g/mol. The zero-order valence-corrected chi connectivity index (χ0v) is 7.60. The fraction of sp³-hybridized carbons (Fsp3) is 0.111. The van der Waals surface area contributed by atoms with Gasteiger partial charge < -0.3 is 20.6 Å². The lowest BCUT2D eigenvalue weighted by molar-refractivity contribution is -0.134. The van der Waals surface area contributed by atoms with Crippen molar-refractivity contribution in [3.63, 3.8) is 0 Å². The number of aromatic carboxylic acids is 1. The molecule has 0 atom stereocenters. The molecule has 1 rings (SSSR count). The fourth-order valence-corrected chi connectivity index (χ4v) is 1.03. The highest BCUT2D eigenvalue weighted by Crippen LogP contribution is 2.20. The lowest BCUT2D eigenvalue weighted by Crippen LogP contribution is -2.14. The van der Waals surface area contributed by atoms with E-state index in [1.165, 1.54) is 12.1 Å². The van der Waals surface area contributed by atoms with Crippen LogP contribution in [-0.2, 0) is 4.79 Å². The van der Waals surface area contributed by atoms with E-state index in [2.05, 4.69) is 5.32 Å². The maximum Gasteiger partial charge on any atom is 0.337 e. The van der Waals surface area contributed by atoms with Crippen molar-refractivity contribution in [2.45, 2.75) is 0 Å². The summed E-state index contributed by atoms with van der Waals surface area (Å²) < 4.78 is 0. The third-order valence-corrected chi connectivity index (χ3v) is 1.66. The van der Waals surface area contributed by atoms with Crippen LogP contribution in [0.1, 0.15) is 10.4 Å². The molecule has 1 aromatic rings. The maximum atomic E-state index is 10.7. The zero-order valence-electron chi connectivity index (χ0n) is 7.60. The fourth-order valence-electron chi connectivity index (χ4n) is 1.03. The summed E-state index contributed by atoms with van der Waals surface area (Å²) in [5.74, 6) is -2.52. The molecular weight excluding hydrogens is 202 g/mol. The van der Waals surface area contributed by atoms with Crippen LogP contribution in [-0.4, -0.2) is 33.8 Å². The molecule has 0 radical (unpaired) electrons. The van der Waals surface area contributed by atoms with Gasteiger partial charge in [0.2, 0.25) is 0 Å². The lowest BCUT2D eigenvalue weighted by atomic mass is 10.1. The molecule has 0 bridgehead atoms. The van der Waals surface area contributed by atoms with E-state index in [1.54, 1.807) is 0 Å². The number of aliphatic carboxylic acids is 1. The number of carbonyl (C=O) groups is 2. The Morgan fingerprint density at radius 2 is 1.93 bits per heavy atom. The molecule has 0 amide bonds. The van der Waals surface area contributed by atoms with Gasteiger partial charge in [-0.15, -0.1) is 0 Å². The summed E-state index contributed by atoms with van der Waals surface area (Å²) in [6, 6.07) is 3.63. The van der Waals surface area contributed by atoms with Crippen molar-refractivity contribution in [2.75, 3.05) is 11.9 Å². The predicted molar refractivity (Wildman–Crippen MR) is 51.2 cm³/mol. The first kappa shape index (κ1) is 10.8. The molecule has 0 aliphatic heterocycles. The van der Waals surface area contributed by atoms with Gasteiger partial charge in [-0.2, -0.15) is 0 Å². The van der Waals surface area contributed by atoms with Crippen molar-refractivity contribution >= 4 is 17.6 Å². The van der Waals surface area contributed by atoms with Crippen LogP contribution in [0.4, 0.5) is 5.69 Å². The van der Waals surface area contributed by atoms with E-state index in [0.29, 0.717) is 0 Å². The molecule has 15 heavy (non-hydrogen) atoms. The number of hydrogen-bond donors (Lipinski definition) is 4. The molecule has 0 saturated carbocycles. The summed E-state index contributed by atoms with van der Waals surface area (Å²) >= 11 is 0. The van der Waals surface area contributed by atoms with Crippen LogP contribution in [0.25, 0.3) is 0 Å². The number of nitrogens with one attached hydrogen (secondary N) is 1. The Morgan fingerprint density at radius 3 is 2.47 bits per heavy atom. The summed E-state index contributed by atoms with van der Waals surface area (Å²) in [6.45, 7) is -0.384. The quantitative estimate of drug-likeness (QED) is 0.543. The molecule has 80 valence electrons. The number of aromatic hydroxyl groups is 1. The first-order valence-corrected chi connectivity index (χ1v) is 4.02. The average Bonchev–Trinajstić information content (AvgIpc) is 2.15. The Kier molecular flexibility index (Phi) is 3.12. The highest BCUT2D eigenvalue weighted by Gasteiger charge is 2.11. The molecule has 0 spiro atoms. The lowest BCUT2D eigenvalue weighted by Gasteiger charge is -2.07. The van der Waals surface area contributed by atoms with Gasteiger partial charge in [0.25, 0.3) is 0 Å². The molecule has 6 heteroatoms. The van der Waals surface area contributed by atoms with Crippen LogP contribution >= 0.6 is 0 Å². The van der Waals surface area contributed by atoms with Crippen LogP contribution in [0.2, 0.25) is 0 Å². The van der Waals surface area contributed by atoms with E-state index in [1.807, 2.05) is 0 Å². The molecule has 6 nitrogen and oxygen atoms in total. The Bertz CT molecular complexity index is 401. The molecule has 4 N–H and O–H groups in total. The van der Waals surface area contributed by atoms with Gasteiger partial charge in [0.15, 0.2) is 0 Å². The van der Waals surface area contributed by atoms with Gasteiger partial charge in [-0.3, -0.25) is 4.79 Å². The summed E-state index contributed by atoms with van der Waals surface area (Å²) in [4.78, 5) is 21.0. The number of phenols is 1. The van der Waals surface area contributed by atoms with Crippen LogP contribution in [0.15, 0.2) is 18.2 Å². The molecule has 0 saturated heterocycles. The van der Waals surface area contributed by atoms with E-state index >= 15 is 0 Å². The minimum absolute atomic E-state index is 0.155. The van der Waals surface area contributed by atoms with Crippen molar-refractivity contribution in [3.05, 3.63) is 23.8 Å². The second kappa shape index (κ2) is 4.32. The molecule has 0 unspecified atom stereocenters. The van der Waals surface area contributed by atoms with Gasteiger partial charge in [0, 0.05) is 5.69 Å². The van der Waals surface area contributed by atoms with Crippen molar-refractivity contribution in [2.24, 2.45) is 0 Å². The normalized spacial score (nSPS) is 9.60. The third kappa shape index (κ3) is 2.87. The van der Waals surface area contributed by atoms with Crippen molar-refractivity contribution in [1.82, 2.24) is 0 Å². The Labute approximate surface area is 84.8 Å². The minimum Gasteiger partial charge on any atom is -0.508 e.